The summed E-state index contributed by atoms with van der Waals surface area (Å²) >= 11 is 1.65. The molecule has 1 saturated heterocycles. The van der Waals surface area contributed by atoms with Crippen LogP contribution in [-0.4, -0.2) is 49.1 Å². The molecule has 0 saturated carbocycles. The molecule has 1 fully saturated rings. The Hall–Kier alpha value is -4.41. The average Bonchev–Trinajstić information content (AvgIpc) is 3.73. The van der Waals surface area contributed by atoms with Gasteiger partial charge in [-0.2, -0.15) is 16.4 Å². The molecular weight excluding hydrogens is 508 g/mol. The number of aromatic amines is 2. The van der Waals surface area contributed by atoms with Gasteiger partial charge in [-0.3, -0.25) is 19.9 Å². The number of anilines is 1. The van der Waals surface area contributed by atoms with Gasteiger partial charge in [-0.25, -0.2) is 4.98 Å². The lowest BCUT2D eigenvalue weighted by molar-refractivity contribution is -0.117. The van der Waals surface area contributed by atoms with Gasteiger partial charge in [-0.05, 0) is 73.6 Å². The van der Waals surface area contributed by atoms with E-state index in [-0.39, 0.29) is 5.91 Å². The van der Waals surface area contributed by atoms with Crippen LogP contribution in [0.15, 0.2) is 65.7 Å². The van der Waals surface area contributed by atoms with E-state index in [0.29, 0.717) is 18.0 Å². The highest BCUT2D eigenvalue weighted by atomic mass is 32.1. The van der Waals surface area contributed by atoms with E-state index >= 15 is 0 Å². The third-order valence-corrected chi connectivity index (χ3v) is 7.94. The van der Waals surface area contributed by atoms with E-state index in [1.165, 1.54) is 0 Å². The summed E-state index contributed by atoms with van der Waals surface area (Å²) in [5.74, 6) is 0.448. The number of piperidine rings is 1. The van der Waals surface area contributed by atoms with Crippen molar-refractivity contribution in [3.63, 3.8) is 0 Å². The maximum Gasteiger partial charge on any atom is 0.224 e. The SMILES string of the molecule is O=C(CC1CCNCC1)Nc1cncc(-c2ccc3[nH]nc(-c4cc5c(-c6ccsc6)nccc5[nH]4)c3n2)c1. The van der Waals surface area contributed by atoms with Gasteiger partial charge >= 0.3 is 0 Å². The van der Waals surface area contributed by atoms with Crippen LogP contribution in [-0.2, 0) is 4.79 Å². The summed E-state index contributed by atoms with van der Waals surface area (Å²) in [6, 6.07) is 12.0. The van der Waals surface area contributed by atoms with Crippen molar-refractivity contribution in [2.45, 2.75) is 19.3 Å². The number of hydrogen-bond acceptors (Lipinski definition) is 7. The fourth-order valence-corrected chi connectivity index (χ4v) is 5.91. The van der Waals surface area contributed by atoms with Crippen molar-refractivity contribution in [1.29, 1.82) is 0 Å². The monoisotopic (exact) mass is 534 g/mol. The fourth-order valence-electron chi connectivity index (χ4n) is 5.27. The minimum absolute atomic E-state index is 0.0245. The van der Waals surface area contributed by atoms with E-state index in [1.807, 2.05) is 30.5 Å². The van der Waals surface area contributed by atoms with Gasteiger partial charge in [0.2, 0.25) is 5.91 Å². The molecule has 7 heterocycles. The maximum atomic E-state index is 12.6. The number of pyridine rings is 3. The van der Waals surface area contributed by atoms with Crippen LogP contribution in [0.5, 0.6) is 0 Å². The maximum absolute atomic E-state index is 12.6. The summed E-state index contributed by atoms with van der Waals surface area (Å²) in [6.45, 7) is 1.95. The van der Waals surface area contributed by atoms with Gasteiger partial charge in [0.05, 0.1) is 34.5 Å². The minimum atomic E-state index is 0.0245. The number of fused-ring (bicyclic) bond motifs is 2. The number of nitrogens with zero attached hydrogens (tertiary/aromatic N) is 4. The van der Waals surface area contributed by atoms with Crippen LogP contribution in [0.3, 0.4) is 0 Å². The van der Waals surface area contributed by atoms with E-state index in [2.05, 4.69) is 58.7 Å². The van der Waals surface area contributed by atoms with Crippen LogP contribution in [0.1, 0.15) is 19.3 Å². The molecule has 39 heavy (non-hydrogen) atoms. The Bertz CT molecular complexity index is 1780. The zero-order chi connectivity index (χ0) is 26.2. The Morgan fingerprint density at radius 2 is 1.95 bits per heavy atom. The van der Waals surface area contributed by atoms with Gasteiger partial charge < -0.3 is 15.6 Å². The van der Waals surface area contributed by atoms with Crippen molar-refractivity contribution >= 4 is 44.9 Å². The molecule has 0 atom stereocenters. The molecule has 1 aliphatic rings. The molecular formula is C29H26N8OS. The highest BCUT2D eigenvalue weighted by molar-refractivity contribution is 7.08. The Labute approximate surface area is 228 Å². The molecule has 6 aromatic heterocycles. The summed E-state index contributed by atoms with van der Waals surface area (Å²) in [5.41, 5.74) is 8.46. The van der Waals surface area contributed by atoms with Crippen LogP contribution >= 0.6 is 11.3 Å². The predicted octanol–water partition coefficient (Wildman–Crippen LogP) is 5.62. The second-order valence-electron chi connectivity index (χ2n) is 9.89. The highest BCUT2D eigenvalue weighted by Crippen LogP contribution is 2.34. The third-order valence-electron chi connectivity index (χ3n) is 7.26. The Morgan fingerprint density at radius 3 is 2.82 bits per heavy atom. The van der Waals surface area contributed by atoms with Crippen LogP contribution in [0.4, 0.5) is 5.69 Å². The van der Waals surface area contributed by atoms with Crippen molar-refractivity contribution in [2.24, 2.45) is 5.92 Å². The van der Waals surface area contributed by atoms with E-state index in [1.54, 1.807) is 23.7 Å². The quantitative estimate of drug-likeness (QED) is 0.220. The van der Waals surface area contributed by atoms with Gasteiger partial charge in [-0.1, -0.05) is 0 Å². The van der Waals surface area contributed by atoms with Gasteiger partial charge in [0, 0.05) is 46.2 Å². The number of H-pyrrole nitrogens is 2. The van der Waals surface area contributed by atoms with Crippen LogP contribution in [0.2, 0.25) is 0 Å². The zero-order valence-corrected chi connectivity index (χ0v) is 21.9. The Morgan fingerprint density at radius 1 is 1.03 bits per heavy atom. The lowest BCUT2D eigenvalue weighted by Gasteiger charge is -2.21. The third kappa shape index (κ3) is 4.68. The fraction of sp³-hybridized carbons (Fsp3) is 0.207. The van der Waals surface area contributed by atoms with Crippen LogP contribution in [0, 0.1) is 5.92 Å². The Balaban J connectivity index is 1.19. The van der Waals surface area contributed by atoms with E-state index < -0.39 is 0 Å². The molecule has 0 aliphatic carbocycles. The van der Waals surface area contributed by atoms with Crippen molar-refractivity contribution in [3.05, 3.63) is 65.7 Å². The number of nitrogens with one attached hydrogen (secondary N) is 4. The minimum Gasteiger partial charge on any atom is -0.353 e. The normalized spacial score (nSPS) is 14.3. The highest BCUT2D eigenvalue weighted by Gasteiger charge is 2.18. The molecule has 0 radical (unpaired) electrons. The molecule has 0 unspecified atom stereocenters. The van der Waals surface area contributed by atoms with Crippen LogP contribution < -0.4 is 10.6 Å². The van der Waals surface area contributed by atoms with Crippen LogP contribution in [0.25, 0.3) is 55.8 Å². The molecule has 4 N–H and O–H groups in total. The predicted molar refractivity (Wildman–Crippen MR) is 154 cm³/mol. The van der Waals surface area contributed by atoms with Crippen molar-refractivity contribution in [2.75, 3.05) is 18.4 Å². The second-order valence-corrected chi connectivity index (χ2v) is 10.7. The van der Waals surface area contributed by atoms with Gasteiger partial charge in [-0.15, -0.1) is 0 Å². The van der Waals surface area contributed by atoms with Gasteiger partial charge in [0.15, 0.2) is 0 Å². The first-order valence-electron chi connectivity index (χ1n) is 13.0. The summed E-state index contributed by atoms with van der Waals surface area (Å²) in [4.78, 5) is 30.1. The molecule has 1 amide bonds. The second kappa shape index (κ2) is 10.0. The zero-order valence-electron chi connectivity index (χ0n) is 21.1. The largest absolute Gasteiger partial charge is 0.353 e. The molecule has 0 aromatic carbocycles. The number of carbonyl (C=O) groups is 1. The van der Waals surface area contributed by atoms with E-state index in [9.17, 15) is 4.79 Å². The lowest BCUT2D eigenvalue weighted by Crippen LogP contribution is -2.30. The first-order valence-corrected chi connectivity index (χ1v) is 14.0. The van der Waals surface area contributed by atoms with Crippen molar-refractivity contribution in [3.8, 4) is 33.9 Å². The molecule has 0 bridgehead atoms. The summed E-state index contributed by atoms with van der Waals surface area (Å²) < 4.78 is 0. The number of carbonyl (C=O) groups excluding carboxylic acids is 1. The molecule has 6 aromatic rings. The number of rotatable bonds is 6. The average molecular weight is 535 g/mol. The van der Waals surface area contributed by atoms with Gasteiger partial charge in [0.1, 0.15) is 11.2 Å². The standard InChI is InChI=1S/C29H26N8OS/c38-26(11-17-3-7-30-8-4-17)33-20-12-19(14-31-15-20)22-1-2-24-28(35-22)29(37-36-24)25-13-21-23(34-25)5-9-32-27(21)18-6-10-39-16-18/h1-2,5-6,9-10,12-17,30,34H,3-4,7-8,11H2,(H,33,38)(H,36,37). The summed E-state index contributed by atoms with van der Waals surface area (Å²) in [5, 5.41) is 19.3. The van der Waals surface area contributed by atoms with Crippen molar-refractivity contribution in [1.82, 2.24) is 35.5 Å². The van der Waals surface area contributed by atoms with Crippen molar-refractivity contribution < 1.29 is 4.79 Å². The van der Waals surface area contributed by atoms with E-state index in [0.717, 1.165) is 81.8 Å². The topological polar surface area (TPSA) is 124 Å². The summed E-state index contributed by atoms with van der Waals surface area (Å²) in [7, 11) is 0. The molecule has 9 nitrogen and oxygen atoms in total. The Kier molecular flexibility index (Phi) is 6.10. The number of thiophene rings is 1. The first-order chi connectivity index (χ1) is 19.2. The number of aromatic nitrogens is 6. The lowest BCUT2D eigenvalue weighted by atomic mass is 9.94. The molecule has 0 spiro atoms. The molecule has 1 aliphatic heterocycles. The molecule has 7 rings (SSSR count). The number of hydrogen-bond donors (Lipinski definition) is 4. The molecule has 194 valence electrons. The first kappa shape index (κ1) is 23.7. The smallest absolute Gasteiger partial charge is 0.224 e. The summed E-state index contributed by atoms with van der Waals surface area (Å²) in [6.07, 6.45) is 7.85. The molecule has 10 heteroatoms. The van der Waals surface area contributed by atoms with Gasteiger partial charge in [0.25, 0.3) is 0 Å². The number of amides is 1. The van der Waals surface area contributed by atoms with E-state index in [4.69, 9.17) is 4.98 Å².